The van der Waals surface area contributed by atoms with Crippen LogP contribution in [0.15, 0.2) is 71.7 Å². The number of aromatic nitrogens is 4. The summed E-state index contributed by atoms with van der Waals surface area (Å²) in [5.41, 5.74) is 5.07. The van der Waals surface area contributed by atoms with Crippen molar-refractivity contribution in [2.75, 3.05) is 43.2 Å². The van der Waals surface area contributed by atoms with Crippen LogP contribution in [0.25, 0.3) is 16.9 Å². The van der Waals surface area contributed by atoms with Gasteiger partial charge in [-0.3, -0.25) is 9.47 Å². The first-order chi connectivity index (χ1) is 18.8. The van der Waals surface area contributed by atoms with Gasteiger partial charge in [-0.2, -0.15) is 21.3 Å². The van der Waals surface area contributed by atoms with Crippen LogP contribution in [0.3, 0.4) is 0 Å². The minimum absolute atomic E-state index is 0.301. The largest absolute Gasteiger partial charge is 0.454 e. The van der Waals surface area contributed by atoms with Crippen LogP contribution in [0.4, 0.5) is 11.8 Å². The van der Waals surface area contributed by atoms with Gasteiger partial charge in [0.1, 0.15) is 6.33 Å². The molecule has 7 rings (SSSR count). The van der Waals surface area contributed by atoms with Crippen molar-refractivity contribution in [2.45, 2.75) is 13.1 Å². The summed E-state index contributed by atoms with van der Waals surface area (Å²) in [6.45, 7) is 5.38. The van der Waals surface area contributed by atoms with E-state index in [-0.39, 0.29) is 0 Å². The quantitative estimate of drug-likeness (QED) is 0.332. The second-order valence-corrected chi connectivity index (χ2v) is 10.2. The third-order valence-electron chi connectivity index (χ3n) is 6.97. The zero-order chi connectivity index (χ0) is 25.3. The number of nitrogens with one attached hydrogen (secondary N) is 1. The highest BCUT2D eigenvalue weighted by molar-refractivity contribution is 7.08. The molecule has 3 aromatic heterocycles. The van der Waals surface area contributed by atoms with Gasteiger partial charge in [0.2, 0.25) is 12.7 Å². The standard InChI is InChI=1S/C28H27N7O2S/c1-2-4-20(5-3-1)15-29-26-25-27(35(18-30-25)22-8-13-38-17-22)32-28(31-26)34-11-9-33(10-12-34)16-21-6-7-23-24(14-21)37-19-36-23/h1-8,13-14,17-18H,9-12,15-16,19H2,(H,29,31,32). The zero-order valence-corrected chi connectivity index (χ0v) is 21.6. The van der Waals surface area contributed by atoms with Crippen molar-refractivity contribution in [3.8, 4) is 17.2 Å². The van der Waals surface area contributed by atoms with Gasteiger partial charge in [-0.05, 0) is 34.7 Å². The average molecular weight is 526 g/mol. The van der Waals surface area contributed by atoms with E-state index in [2.05, 4.69) is 56.2 Å². The van der Waals surface area contributed by atoms with Gasteiger partial charge >= 0.3 is 0 Å². The Balaban J connectivity index is 1.12. The van der Waals surface area contributed by atoms with Crippen LogP contribution < -0.4 is 19.7 Å². The highest BCUT2D eigenvalue weighted by Gasteiger charge is 2.23. The number of rotatable bonds is 7. The van der Waals surface area contributed by atoms with Crippen LogP contribution in [0.1, 0.15) is 11.1 Å². The van der Waals surface area contributed by atoms with Crippen LogP contribution >= 0.6 is 11.3 Å². The molecule has 192 valence electrons. The number of piperazine rings is 1. The van der Waals surface area contributed by atoms with E-state index in [0.29, 0.717) is 13.3 Å². The number of thiophene rings is 1. The minimum atomic E-state index is 0.301. The van der Waals surface area contributed by atoms with Crippen molar-refractivity contribution in [2.24, 2.45) is 0 Å². The Morgan fingerprint density at radius 1 is 0.895 bits per heavy atom. The third kappa shape index (κ3) is 4.52. The number of nitrogens with zero attached hydrogens (tertiary/aromatic N) is 6. The number of imidazole rings is 1. The summed E-state index contributed by atoms with van der Waals surface area (Å²) >= 11 is 1.66. The van der Waals surface area contributed by atoms with Crippen molar-refractivity contribution in [3.63, 3.8) is 0 Å². The molecule has 0 atom stereocenters. The van der Waals surface area contributed by atoms with E-state index >= 15 is 0 Å². The molecule has 0 bridgehead atoms. The highest BCUT2D eigenvalue weighted by atomic mass is 32.1. The van der Waals surface area contributed by atoms with Gasteiger partial charge in [0.15, 0.2) is 28.5 Å². The van der Waals surface area contributed by atoms with Crippen molar-refractivity contribution >= 4 is 34.3 Å². The fourth-order valence-corrected chi connectivity index (χ4v) is 5.55. The van der Waals surface area contributed by atoms with E-state index < -0.39 is 0 Å². The molecular formula is C28H27N7O2S. The van der Waals surface area contributed by atoms with Crippen LogP contribution in [0.5, 0.6) is 11.5 Å². The monoisotopic (exact) mass is 525 g/mol. The number of anilines is 2. The number of hydrogen-bond donors (Lipinski definition) is 1. The Hall–Kier alpha value is -4.15. The van der Waals surface area contributed by atoms with Crippen LogP contribution in [-0.2, 0) is 13.1 Å². The molecule has 5 heterocycles. The molecule has 1 N–H and O–H groups in total. The maximum atomic E-state index is 5.55. The lowest BCUT2D eigenvalue weighted by Gasteiger charge is -2.34. The zero-order valence-electron chi connectivity index (χ0n) is 20.8. The molecule has 0 spiro atoms. The Morgan fingerprint density at radius 2 is 1.76 bits per heavy atom. The topological polar surface area (TPSA) is 80.6 Å². The first kappa shape index (κ1) is 23.0. The predicted molar refractivity (Wildman–Crippen MR) is 148 cm³/mol. The molecule has 5 aromatic rings. The van der Waals surface area contributed by atoms with E-state index in [1.165, 1.54) is 11.1 Å². The fourth-order valence-electron chi connectivity index (χ4n) is 4.92. The molecule has 38 heavy (non-hydrogen) atoms. The Labute approximate surface area is 224 Å². The van der Waals surface area contributed by atoms with E-state index in [1.807, 2.05) is 35.2 Å². The van der Waals surface area contributed by atoms with Gasteiger partial charge < -0.3 is 19.7 Å². The lowest BCUT2D eigenvalue weighted by molar-refractivity contribution is 0.174. The molecule has 9 nitrogen and oxygen atoms in total. The number of fused-ring (bicyclic) bond motifs is 2. The van der Waals surface area contributed by atoms with E-state index in [0.717, 1.165) is 72.8 Å². The predicted octanol–water partition coefficient (Wildman–Crippen LogP) is 4.54. The van der Waals surface area contributed by atoms with Crippen molar-refractivity contribution in [1.29, 1.82) is 0 Å². The molecule has 2 aliphatic heterocycles. The summed E-state index contributed by atoms with van der Waals surface area (Å²) in [5.74, 6) is 3.14. The molecule has 0 amide bonds. The van der Waals surface area contributed by atoms with Crippen LogP contribution in [0.2, 0.25) is 0 Å². The van der Waals surface area contributed by atoms with Crippen molar-refractivity contribution in [3.05, 3.63) is 82.8 Å². The summed E-state index contributed by atoms with van der Waals surface area (Å²) < 4.78 is 13.0. The number of ether oxygens (including phenoxy) is 2. The molecule has 0 unspecified atom stereocenters. The summed E-state index contributed by atoms with van der Waals surface area (Å²) in [5, 5.41) is 7.69. The van der Waals surface area contributed by atoms with E-state index in [9.17, 15) is 0 Å². The Morgan fingerprint density at radius 3 is 2.61 bits per heavy atom. The molecule has 0 saturated carbocycles. The van der Waals surface area contributed by atoms with Gasteiger partial charge in [-0.25, -0.2) is 4.98 Å². The van der Waals surface area contributed by atoms with Gasteiger partial charge in [0.05, 0.1) is 5.69 Å². The molecular weight excluding hydrogens is 498 g/mol. The maximum Gasteiger partial charge on any atom is 0.231 e. The highest BCUT2D eigenvalue weighted by Crippen LogP contribution is 2.33. The molecule has 2 aliphatic rings. The minimum Gasteiger partial charge on any atom is -0.454 e. The summed E-state index contributed by atoms with van der Waals surface area (Å²) in [7, 11) is 0. The molecule has 1 saturated heterocycles. The fraction of sp³-hybridized carbons (Fsp3) is 0.250. The van der Waals surface area contributed by atoms with Gasteiger partial charge in [0.25, 0.3) is 0 Å². The van der Waals surface area contributed by atoms with Gasteiger partial charge in [-0.15, -0.1) is 0 Å². The molecule has 10 heteroatoms. The summed E-state index contributed by atoms with van der Waals surface area (Å²) in [4.78, 5) is 19.4. The molecule has 0 radical (unpaired) electrons. The molecule has 0 aliphatic carbocycles. The van der Waals surface area contributed by atoms with Crippen molar-refractivity contribution < 1.29 is 9.47 Å². The van der Waals surface area contributed by atoms with Crippen LogP contribution in [-0.4, -0.2) is 57.4 Å². The first-order valence-electron chi connectivity index (χ1n) is 12.7. The van der Waals surface area contributed by atoms with E-state index in [1.54, 1.807) is 11.3 Å². The smallest absolute Gasteiger partial charge is 0.231 e. The second kappa shape index (κ2) is 9.96. The third-order valence-corrected chi connectivity index (χ3v) is 7.64. The second-order valence-electron chi connectivity index (χ2n) is 9.43. The Kier molecular flexibility index (Phi) is 6.03. The number of benzene rings is 2. The number of hydrogen-bond acceptors (Lipinski definition) is 9. The van der Waals surface area contributed by atoms with Crippen LogP contribution in [0, 0.1) is 0 Å². The SMILES string of the molecule is c1ccc(CNc2nc(N3CCN(Cc4ccc5c(c4)OCO5)CC3)nc3c2ncn3-c2ccsc2)cc1. The molecule has 1 fully saturated rings. The lowest BCUT2D eigenvalue weighted by Crippen LogP contribution is -2.46. The summed E-state index contributed by atoms with van der Waals surface area (Å²) in [6, 6.07) is 18.6. The normalized spacial score (nSPS) is 15.3. The average Bonchev–Trinajstić information content (AvgIpc) is 3.73. The van der Waals surface area contributed by atoms with Crippen molar-refractivity contribution in [1.82, 2.24) is 24.4 Å². The van der Waals surface area contributed by atoms with E-state index in [4.69, 9.17) is 24.4 Å². The maximum absolute atomic E-state index is 5.55. The first-order valence-corrected chi connectivity index (χ1v) is 13.7. The van der Waals surface area contributed by atoms with Gasteiger partial charge in [0, 0.05) is 44.6 Å². The Bertz CT molecular complexity index is 1550. The molecule has 2 aromatic carbocycles. The van der Waals surface area contributed by atoms with Gasteiger partial charge in [-0.1, -0.05) is 36.4 Å². The lowest BCUT2D eigenvalue weighted by atomic mass is 10.1. The summed E-state index contributed by atoms with van der Waals surface area (Å²) in [6.07, 6.45) is 1.84.